The minimum atomic E-state index is -0.127. The molecular weight excluding hydrogens is 416 g/mol. The zero-order chi connectivity index (χ0) is 22.0. The highest BCUT2D eigenvalue weighted by Crippen LogP contribution is 2.35. The molecule has 0 aromatic carbocycles. The van der Waals surface area contributed by atoms with Crippen LogP contribution in [0.4, 0.5) is 5.13 Å². The van der Waals surface area contributed by atoms with Crippen molar-refractivity contribution in [3.05, 3.63) is 10.6 Å². The number of piperazine rings is 1. The van der Waals surface area contributed by atoms with Gasteiger partial charge in [0.25, 0.3) is 0 Å². The number of rotatable bonds is 4. The molecule has 8 nitrogen and oxygen atoms in total. The second-order valence-corrected chi connectivity index (χ2v) is 9.71. The number of hydrogen-bond donors (Lipinski definition) is 0. The second kappa shape index (κ2) is 9.54. The van der Waals surface area contributed by atoms with Gasteiger partial charge in [-0.15, -0.1) is 11.3 Å². The van der Waals surface area contributed by atoms with Crippen molar-refractivity contribution >= 4 is 34.3 Å². The quantitative estimate of drug-likeness (QED) is 0.653. The number of thiazole rings is 1. The third-order valence-electron chi connectivity index (χ3n) is 6.70. The lowest BCUT2D eigenvalue weighted by atomic mass is 9.88. The Kier molecular flexibility index (Phi) is 6.79. The standard InChI is InChI=1S/C22H32N4O4S/c1-3-30-21(29)16-6-8-25(9-7-16)20(28)17-4-5-18-19(14-17)31-22(23-18)26-12-10-24(11-13-26)15(2)27/h16-17H,3-14H2,1-2H3/t17-/m0/s1. The highest BCUT2D eigenvalue weighted by molar-refractivity contribution is 7.15. The topological polar surface area (TPSA) is 83.1 Å². The van der Waals surface area contributed by atoms with E-state index in [1.807, 2.05) is 16.7 Å². The number of hydrogen-bond acceptors (Lipinski definition) is 7. The largest absolute Gasteiger partial charge is 0.466 e. The van der Waals surface area contributed by atoms with Gasteiger partial charge in [0.2, 0.25) is 11.8 Å². The number of amides is 2. The monoisotopic (exact) mass is 448 g/mol. The van der Waals surface area contributed by atoms with Crippen molar-refractivity contribution < 1.29 is 19.1 Å². The molecule has 1 aromatic heterocycles. The zero-order valence-electron chi connectivity index (χ0n) is 18.5. The molecule has 9 heteroatoms. The Labute approximate surface area is 187 Å². The number of anilines is 1. The molecule has 0 saturated carbocycles. The third-order valence-corrected chi connectivity index (χ3v) is 7.88. The van der Waals surface area contributed by atoms with Crippen molar-refractivity contribution in [3.8, 4) is 0 Å². The van der Waals surface area contributed by atoms with Crippen LogP contribution in [0, 0.1) is 11.8 Å². The lowest BCUT2D eigenvalue weighted by molar-refractivity contribution is -0.151. The van der Waals surface area contributed by atoms with Crippen LogP contribution in [0.2, 0.25) is 0 Å². The van der Waals surface area contributed by atoms with E-state index < -0.39 is 0 Å². The molecule has 1 atom stereocenters. The lowest BCUT2D eigenvalue weighted by Crippen LogP contribution is -2.48. The van der Waals surface area contributed by atoms with E-state index in [0.29, 0.717) is 32.5 Å². The first-order valence-corrected chi connectivity index (χ1v) is 12.2. The van der Waals surface area contributed by atoms with Crippen molar-refractivity contribution in [2.45, 2.75) is 46.0 Å². The van der Waals surface area contributed by atoms with Crippen LogP contribution < -0.4 is 4.90 Å². The van der Waals surface area contributed by atoms with Gasteiger partial charge in [0.05, 0.1) is 18.2 Å². The van der Waals surface area contributed by atoms with E-state index in [2.05, 4.69) is 4.90 Å². The minimum absolute atomic E-state index is 0.00880. The summed E-state index contributed by atoms with van der Waals surface area (Å²) in [5.74, 6) is 0.158. The lowest BCUT2D eigenvalue weighted by Gasteiger charge is -2.34. The summed E-state index contributed by atoms with van der Waals surface area (Å²) in [6.45, 7) is 8.23. The van der Waals surface area contributed by atoms with Gasteiger partial charge in [-0.3, -0.25) is 14.4 Å². The Hall–Kier alpha value is -2.16. The van der Waals surface area contributed by atoms with E-state index in [9.17, 15) is 14.4 Å². The molecule has 2 fully saturated rings. The van der Waals surface area contributed by atoms with Gasteiger partial charge in [-0.1, -0.05) is 0 Å². The van der Waals surface area contributed by atoms with Crippen LogP contribution in [0.5, 0.6) is 0 Å². The Morgan fingerprint density at radius 1 is 1.00 bits per heavy atom. The van der Waals surface area contributed by atoms with Crippen LogP contribution in [0.25, 0.3) is 0 Å². The first kappa shape index (κ1) is 22.0. The van der Waals surface area contributed by atoms with E-state index >= 15 is 0 Å². The van der Waals surface area contributed by atoms with Gasteiger partial charge in [0, 0.05) is 57.0 Å². The molecule has 3 heterocycles. The van der Waals surface area contributed by atoms with Crippen LogP contribution in [0.3, 0.4) is 0 Å². The number of esters is 1. The van der Waals surface area contributed by atoms with E-state index in [4.69, 9.17) is 9.72 Å². The molecule has 1 aromatic rings. The minimum Gasteiger partial charge on any atom is -0.466 e. The molecule has 1 aliphatic carbocycles. The third kappa shape index (κ3) is 4.86. The first-order chi connectivity index (χ1) is 15.0. The van der Waals surface area contributed by atoms with E-state index in [-0.39, 0.29) is 29.6 Å². The van der Waals surface area contributed by atoms with Crippen molar-refractivity contribution in [2.24, 2.45) is 11.8 Å². The summed E-state index contributed by atoms with van der Waals surface area (Å²) in [7, 11) is 0. The summed E-state index contributed by atoms with van der Waals surface area (Å²) >= 11 is 1.71. The molecule has 170 valence electrons. The Bertz CT molecular complexity index is 825. The molecule has 4 rings (SSSR count). The number of ether oxygens (including phenoxy) is 1. The Balaban J connectivity index is 1.32. The molecule has 0 spiro atoms. The number of fused-ring (bicyclic) bond motifs is 1. The van der Waals surface area contributed by atoms with E-state index in [0.717, 1.165) is 56.3 Å². The van der Waals surface area contributed by atoms with Gasteiger partial charge in [0.1, 0.15) is 0 Å². The zero-order valence-corrected chi connectivity index (χ0v) is 19.3. The summed E-state index contributed by atoms with van der Waals surface area (Å²) in [6, 6.07) is 0. The molecule has 0 N–H and O–H groups in total. The maximum absolute atomic E-state index is 13.1. The molecule has 3 aliphatic rings. The van der Waals surface area contributed by atoms with Crippen LogP contribution >= 0.6 is 11.3 Å². The van der Waals surface area contributed by atoms with Crippen molar-refractivity contribution in [2.75, 3.05) is 50.8 Å². The fraction of sp³-hybridized carbons (Fsp3) is 0.727. The summed E-state index contributed by atoms with van der Waals surface area (Å²) in [5, 5.41) is 1.02. The van der Waals surface area contributed by atoms with Gasteiger partial charge >= 0.3 is 5.97 Å². The molecular formula is C22H32N4O4S. The summed E-state index contributed by atoms with van der Waals surface area (Å²) in [5.41, 5.74) is 1.14. The van der Waals surface area contributed by atoms with Gasteiger partial charge in [0.15, 0.2) is 5.13 Å². The van der Waals surface area contributed by atoms with Crippen molar-refractivity contribution in [3.63, 3.8) is 0 Å². The predicted molar refractivity (Wildman–Crippen MR) is 118 cm³/mol. The molecule has 0 unspecified atom stereocenters. The first-order valence-electron chi connectivity index (χ1n) is 11.4. The number of aryl methyl sites for hydroxylation is 1. The normalized spacial score (nSPS) is 22.3. The predicted octanol–water partition coefficient (Wildman–Crippen LogP) is 1.72. The number of likely N-dealkylation sites (tertiary alicyclic amines) is 1. The highest BCUT2D eigenvalue weighted by atomic mass is 32.1. The number of aromatic nitrogens is 1. The van der Waals surface area contributed by atoms with Gasteiger partial charge < -0.3 is 19.4 Å². The maximum Gasteiger partial charge on any atom is 0.309 e. The van der Waals surface area contributed by atoms with Gasteiger partial charge in [-0.05, 0) is 39.0 Å². The van der Waals surface area contributed by atoms with Crippen LogP contribution in [0.1, 0.15) is 43.7 Å². The number of carbonyl (C=O) groups excluding carboxylic acids is 3. The average molecular weight is 449 g/mol. The second-order valence-electron chi connectivity index (χ2n) is 8.65. The number of nitrogens with zero attached hydrogens (tertiary/aromatic N) is 4. The Morgan fingerprint density at radius 2 is 1.71 bits per heavy atom. The maximum atomic E-state index is 13.1. The molecule has 2 aliphatic heterocycles. The number of piperidine rings is 1. The van der Waals surface area contributed by atoms with E-state index in [1.54, 1.807) is 18.3 Å². The van der Waals surface area contributed by atoms with Crippen LogP contribution in [0.15, 0.2) is 0 Å². The molecule has 31 heavy (non-hydrogen) atoms. The number of carbonyl (C=O) groups is 3. The molecule has 0 bridgehead atoms. The highest BCUT2D eigenvalue weighted by Gasteiger charge is 2.34. The summed E-state index contributed by atoms with van der Waals surface area (Å²) in [4.78, 5) is 48.8. The SMILES string of the molecule is CCOC(=O)C1CCN(C(=O)[C@H]2CCc3nc(N4CCN(C(C)=O)CC4)sc3C2)CC1. The summed E-state index contributed by atoms with van der Waals surface area (Å²) in [6.07, 6.45) is 3.83. The fourth-order valence-corrected chi connectivity index (χ4v) is 6.01. The van der Waals surface area contributed by atoms with Crippen LogP contribution in [-0.2, 0) is 32.0 Å². The fourth-order valence-electron chi connectivity index (χ4n) is 4.77. The van der Waals surface area contributed by atoms with Gasteiger partial charge in [-0.2, -0.15) is 0 Å². The van der Waals surface area contributed by atoms with E-state index in [1.165, 1.54) is 4.88 Å². The Morgan fingerprint density at radius 3 is 2.35 bits per heavy atom. The molecule has 0 radical (unpaired) electrons. The smallest absolute Gasteiger partial charge is 0.309 e. The van der Waals surface area contributed by atoms with Crippen molar-refractivity contribution in [1.82, 2.24) is 14.8 Å². The average Bonchev–Trinajstić information content (AvgIpc) is 3.22. The van der Waals surface area contributed by atoms with Crippen molar-refractivity contribution in [1.29, 1.82) is 0 Å². The summed E-state index contributed by atoms with van der Waals surface area (Å²) < 4.78 is 5.13. The van der Waals surface area contributed by atoms with Gasteiger partial charge in [-0.25, -0.2) is 4.98 Å². The van der Waals surface area contributed by atoms with Crippen LogP contribution in [-0.4, -0.2) is 78.4 Å². The molecule has 2 saturated heterocycles. The molecule has 2 amide bonds.